The topological polar surface area (TPSA) is 64.1 Å². The second-order valence-electron chi connectivity index (χ2n) is 2.59. The van der Waals surface area contributed by atoms with Crippen LogP contribution in [0.25, 0.3) is 0 Å². The lowest BCUT2D eigenvalue weighted by Gasteiger charge is -2.09. The van der Waals surface area contributed by atoms with Crippen LogP contribution < -0.4 is 5.73 Å². The van der Waals surface area contributed by atoms with E-state index in [9.17, 15) is 5.11 Å². The Morgan fingerprint density at radius 1 is 1.83 bits per heavy atom. The molecular weight excluding hydrogens is 222 g/mol. The van der Waals surface area contributed by atoms with Gasteiger partial charge in [-0.25, -0.2) is 0 Å². The molecule has 3 N–H and O–H groups in total. The molecule has 0 amide bonds. The Morgan fingerprint density at radius 2 is 2.50 bits per heavy atom. The number of halogens is 1. The third-order valence-electron chi connectivity index (χ3n) is 1.69. The first-order valence-electron chi connectivity index (χ1n) is 3.72. The van der Waals surface area contributed by atoms with Gasteiger partial charge in [0.05, 0.1) is 22.5 Å². The maximum atomic E-state index is 9.60. The van der Waals surface area contributed by atoms with E-state index in [0.29, 0.717) is 13.0 Å². The summed E-state index contributed by atoms with van der Waals surface area (Å²) in [6.45, 7) is 0.471. The minimum Gasteiger partial charge on any atom is -0.387 e. The molecule has 0 saturated carbocycles. The van der Waals surface area contributed by atoms with Crippen molar-refractivity contribution in [2.24, 2.45) is 12.8 Å². The monoisotopic (exact) mass is 233 g/mol. The molecule has 0 bridgehead atoms. The average Bonchev–Trinajstić information content (AvgIpc) is 2.32. The zero-order valence-electron chi connectivity index (χ0n) is 6.87. The summed E-state index contributed by atoms with van der Waals surface area (Å²) in [5.41, 5.74) is 6.11. The van der Waals surface area contributed by atoms with Crippen LogP contribution in [0.3, 0.4) is 0 Å². The van der Waals surface area contributed by atoms with E-state index in [1.807, 2.05) is 0 Å². The first-order valence-corrected chi connectivity index (χ1v) is 4.51. The molecule has 0 aliphatic heterocycles. The molecule has 1 unspecified atom stereocenters. The lowest BCUT2D eigenvalue weighted by atomic mass is 10.2. The Kier molecular flexibility index (Phi) is 3.25. The van der Waals surface area contributed by atoms with Crippen LogP contribution in [0.2, 0.25) is 0 Å². The minimum atomic E-state index is -0.531. The molecule has 0 spiro atoms. The Bertz CT molecular complexity index is 242. The molecule has 1 aromatic heterocycles. The van der Waals surface area contributed by atoms with Crippen LogP contribution in [-0.4, -0.2) is 21.4 Å². The summed E-state index contributed by atoms with van der Waals surface area (Å²) >= 11 is 3.30. The van der Waals surface area contributed by atoms with Crippen LogP contribution in [0.15, 0.2) is 10.7 Å². The van der Waals surface area contributed by atoms with Gasteiger partial charge < -0.3 is 10.8 Å². The number of nitrogens with two attached hydrogens (primary N) is 1. The van der Waals surface area contributed by atoms with Gasteiger partial charge in [-0.1, -0.05) is 0 Å². The van der Waals surface area contributed by atoms with Gasteiger partial charge in [-0.2, -0.15) is 5.10 Å². The molecule has 0 aliphatic rings. The lowest BCUT2D eigenvalue weighted by Crippen LogP contribution is -2.10. The fraction of sp³-hybridized carbons (Fsp3) is 0.571. The summed E-state index contributed by atoms with van der Waals surface area (Å²) in [6, 6.07) is 0. The molecule has 1 rings (SSSR count). The molecule has 1 atom stereocenters. The van der Waals surface area contributed by atoms with Crippen molar-refractivity contribution >= 4 is 15.9 Å². The summed E-state index contributed by atoms with van der Waals surface area (Å²) in [5.74, 6) is 0. The summed E-state index contributed by atoms with van der Waals surface area (Å²) in [4.78, 5) is 0. The second-order valence-corrected chi connectivity index (χ2v) is 3.45. The molecule has 68 valence electrons. The summed E-state index contributed by atoms with van der Waals surface area (Å²) in [5, 5.41) is 13.6. The predicted octanol–water partition coefficient (Wildman–Crippen LogP) is 0.565. The Hall–Kier alpha value is -0.390. The zero-order chi connectivity index (χ0) is 9.14. The normalized spacial score (nSPS) is 13.3. The van der Waals surface area contributed by atoms with E-state index in [4.69, 9.17) is 5.73 Å². The van der Waals surface area contributed by atoms with Crippen LogP contribution in [0.4, 0.5) is 0 Å². The van der Waals surface area contributed by atoms with E-state index in [1.54, 1.807) is 17.9 Å². The average molecular weight is 234 g/mol. The lowest BCUT2D eigenvalue weighted by molar-refractivity contribution is 0.160. The molecule has 0 radical (unpaired) electrons. The highest BCUT2D eigenvalue weighted by Crippen LogP contribution is 2.23. The van der Waals surface area contributed by atoms with E-state index in [-0.39, 0.29) is 0 Å². The van der Waals surface area contributed by atoms with Crippen molar-refractivity contribution in [3.8, 4) is 0 Å². The van der Waals surface area contributed by atoms with Crippen molar-refractivity contribution in [3.05, 3.63) is 16.4 Å². The number of nitrogens with zero attached hydrogens (tertiary/aromatic N) is 2. The maximum Gasteiger partial charge on any atom is 0.0980 e. The van der Waals surface area contributed by atoms with Crippen LogP contribution in [0, 0.1) is 0 Å². The Morgan fingerprint density at radius 3 is 2.92 bits per heavy atom. The number of hydrogen-bond acceptors (Lipinski definition) is 3. The van der Waals surface area contributed by atoms with Gasteiger partial charge >= 0.3 is 0 Å². The molecule has 0 aliphatic carbocycles. The summed E-state index contributed by atoms with van der Waals surface area (Å²) in [6.07, 6.45) is 1.68. The van der Waals surface area contributed by atoms with Crippen LogP contribution in [-0.2, 0) is 7.05 Å². The Balaban J connectivity index is 2.85. The van der Waals surface area contributed by atoms with Crippen molar-refractivity contribution in [1.82, 2.24) is 9.78 Å². The predicted molar refractivity (Wildman–Crippen MR) is 49.5 cm³/mol. The van der Waals surface area contributed by atoms with Gasteiger partial charge in [-0.3, -0.25) is 4.68 Å². The minimum absolute atomic E-state index is 0.471. The molecule has 1 aromatic rings. The number of aryl methyl sites for hydroxylation is 1. The first-order chi connectivity index (χ1) is 5.66. The fourth-order valence-corrected chi connectivity index (χ4v) is 1.70. The number of aliphatic hydroxyl groups is 1. The number of hydrogen-bond donors (Lipinski definition) is 2. The van der Waals surface area contributed by atoms with Gasteiger partial charge in [-0.15, -0.1) is 0 Å². The van der Waals surface area contributed by atoms with Gasteiger partial charge in [0.15, 0.2) is 0 Å². The summed E-state index contributed by atoms with van der Waals surface area (Å²) in [7, 11) is 1.79. The fourth-order valence-electron chi connectivity index (χ4n) is 1.09. The maximum absolute atomic E-state index is 9.60. The van der Waals surface area contributed by atoms with E-state index >= 15 is 0 Å². The number of rotatable bonds is 3. The van der Waals surface area contributed by atoms with Crippen LogP contribution >= 0.6 is 15.9 Å². The van der Waals surface area contributed by atoms with Gasteiger partial charge in [0.2, 0.25) is 0 Å². The molecule has 0 saturated heterocycles. The third kappa shape index (κ3) is 1.85. The SMILES string of the molecule is Cn1ncc(Br)c1C(O)CCN. The highest BCUT2D eigenvalue weighted by atomic mass is 79.9. The number of aromatic nitrogens is 2. The van der Waals surface area contributed by atoms with Crippen LogP contribution in [0.5, 0.6) is 0 Å². The number of aliphatic hydroxyl groups excluding tert-OH is 1. The third-order valence-corrected chi connectivity index (χ3v) is 2.30. The van der Waals surface area contributed by atoms with Crippen molar-refractivity contribution in [2.45, 2.75) is 12.5 Å². The quantitative estimate of drug-likeness (QED) is 0.803. The summed E-state index contributed by atoms with van der Waals surface area (Å²) < 4.78 is 2.47. The molecular formula is C7H12BrN3O. The van der Waals surface area contributed by atoms with E-state index in [2.05, 4.69) is 21.0 Å². The van der Waals surface area contributed by atoms with Gasteiger partial charge in [-0.05, 0) is 28.9 Å². The van der Waals surface area contributed by atoms with Crippen molar-refractivity contribution in [3.63, 3.8) is 0 Å². The van der Waals surface area contributed by atoms with Gasteiger partial charge in [0.25, 0.3) is 0 Å². The highest BCUT2D eigenvalue weighted by Gasteiger charge is 2.14. The molecule has 1 heterocycles. The van der Waals surface area contributed by atoms with Crippen molar-refractivity contribution in [2.75, 3.05) is 6.54 Å². The molecule has 0 fully saturated rings. The smallest absolute Gasteiger partial charge is 0.0980 e. The van der Waals surface area contributed by atoms with E-state index in [0.717, 1.165) is 10.2 Å². The zero-order valence-corrected chi connectivity index (χ0v) is 8.45. The van der Waals surface area contributed by atoms with E-state index in [1.165, 1.54) is 0 Å². The molecule has 0 aromatic carbocycles. The van der Waals surface area contributed by atoms with Crippen LogP contribution in [0.1, 0.15) is 18.2 Å². The van der Waals surface area contributed by atoms with Crippen molar-refractivity contribution < 1.29 is 5.11 Å². The highest BCUT2D eigenvalue weighted by molar-refractivity contribution is 9.10. The van der Waals surface area contributed by atoms with Crippen molar-refractivity contribution in [1.29, 1.82) is 0 Å². The van der Waals surface area contributed by atoms with Gasteiger partial charge in [0, 0.05) is 7.05 Å². The largest absolute Gasteiger partial charge is 0.387 e. The standard InChI is InChI=1S/C7H12BrN3O/c1-11-7(5(8)4-10-11)6(12)2-3-9/h4,6,12H,2-3,9H2,1H3. The van der Waals surface area contributed by atoms with E-state index < -0.39 is 6.10 Å². The molecule has 4 nitrogen and oxygen atoms in total. The molecule has 12 heavy (non-hydrogen) atoms. The first kappa shape index (κ1) is 9.70. The second kappa shape index (κ2) is 4.02. The van der Waals surface area contributed by atoms with Gasteiger partial charge in [0.1, 0.15) is 0 Å². The Labute approximate surface area is 79.5 Å². The molecule has 5 heteroatoms.